The predicted octanol–water partition coefficient (Wildman–Crippen LogP) is 2.19. The first-order chi connectivity index (χ1) is 12.5. The number of nitrogens with zero attached hydrogens (tertiary/aromatic N) is 1. The minimum Gasteiger partial charge on any atom is -0.338 e. The van der Waals surface area contributed by atoms with Crippen LogP contribution in [0.2, 0.25) is 0 Å². The maximum Gasteiger partial charge on any atom is 0.269 e. The van der Waals surface area contributed by atoms with Crippen molar-refractivity contribution in [3.8, 4) is 0 Å². The average Bonchev–Trinajstić information content (AvgIpc) is 3.04. The molecule has 3 rings (SSSR count). The molecule has 0 unspecified atom stereocenters. The van der Waals surface area contributed by atoms with Crippen molar-refractivity contribution in [3.63, 3.8) is 0 Å². The first-order valence-corrected chi connectivity index (χ1v) is 8.57. The highest BCUT2D eigenvalue weighted by Crippen LogP contribution is 2.15. The smallest absolute Gasteiger partial charge is 0.269 e. The number of hydrogen-bond donors (Lipinski definition) is 2. The number of carbonyl (C=O) groups excluding carboxylic acids is 3. The Morgan fingerprint density at radius 1 is 1.04 bits per heavy atom. The van der Waals surface area contributed by atoms with E-state index in [4.69, 9.17) is 0 Å². The van der Waals surface area contributed by atoms with Crippen molar-refractivity contribution in [2.24, 2.45) is 0 Å². The number of hydrazine groups is 1. The van der Waals surface area contributed by atoms with Crippen LogP contribution in [0, 0.1) is 6.92 Å². The largest absolute Gasteiger partial charge is 0.338 e. The van der Waals surface area contributed by atoms with Crippen LogP contribution in [0.25, 0.3) is 0 Å². The molecule has 0 aromatic heterocycles. The van der Waals surface area contributed by atoms with Gasteiger partial charge in [0, 0.05) is 30.6 Å². The van der Waals surface area contributed by atoms with Gasteiger partial charge in [0.25, 0.3) is 11.8 Å². The van der Waals surface area contributed by atoms with Gasteiger partial charge in [0.15, 0.2) is 0 Å². The first kappa shape index (κ1) is 17.7. The van der Waals surface area contributed by atoms with Crippen molar-refractivity contribution in [3.05, 3.63) is 70.8 Å². The SMILES string of the molecule is Cc1ccccc1C(=O)NNC(=O)c1cccc(CN2CCCC2=O)c1. The van der Waals surface area contributed by atoms with E-state index in [9.17, 15) is 14.4 Å². The summed E-state index contributed by atoms with van der Waals surface area (Å²) in [6, 6.07) is 14.2. The summed E-state index contributed by atoms with van der Waals surface area (Å²) < 4.78 is 0. The number of aryl methyl sites for hydroxylation is 1. The molecule has 1 fully saturated rings. The Balaban J connectivity index is 1.61. The van der Waals surface area contributed by atoms with Gasteiger partial charge >= 0.3 is 0 Å². The van der Waals surface area contributed by atoms with E-state index in [0.717, 1.165) is 24.1 Å². The van der Waals surface area contributed by atoms with E-state index in [-0.39, 0.29) is 11.8 Å². The fourth-order valence-electron chi connectivity index (χ4n) is 2.98. The minimum absolute atomic E-state index is 0.144. The van der Waals surface area contributed by atoms with Crippen molar-refractivity contribution < 1.29 is 14.4 Å². The molecule has 2 aromatic carbocycles. The van der Waals surface area contributed by atoms with Gasteiger partial charge in [0.1, 0.15) is 0 Å². The summed E-state index contributed by atoms with van der Waals surface area (Å²) in [5.74, 6) is -0.623. The van der Waals surface area contributed by atoms with E-state index in [1.807, 2.05) is 25.1 Å². The second kappa shape index (κ2) is 7.82. The predicted molar refractivity (Wildman–Crippen MR) is 97.2 cm³/mol. The van der Waals surface area contributed by atoms with E-state index >= 15 is 0 Å². The highest BCUT2D eigenvalue weighted by molar-refractivity contribution is 5.99. The maximum absolute atomic E-state index is 12.3. The van der Waals surface area contributed by atoms with E-state index in [1.54, 1.807) is 35.2 Å². The molecule has 1 aliphatic heterocycles. The average molecular weight is 351 g/mol. The highest BCUT2D eigenvalue weighted by atomic mass is 16.2. The normalized spacial score (nSPS) is 13.6. The molecule has 0 radical (unpaired) electrons. The lowest BCUT2D eigenvalue weighted by Crippen LogP contribution is -2.41. The van der Waals surface area contributed by atoms with Crippen LogP contribution in [-0.2, 0) is 11.3 Å². The molecule has 3 amide bonds. The molecule has 1 heterocycles. The summed E-state index contributed by atoms with van der Waals surface area (Å²) >= 11 is 0. The van der Waals surface area contributed by atoms with Gasteiger partial charge in [-0.1, -0.05) is 30.3 Å². The van der Waals surface area contributed by atoms with E-state index in [0.29, 0.717) is 24.1 Å². The molecule has 2 aromatic rings. The Labute approximate surface area is 152 Å². The second-order valence-corrected chi connectivity index (χ2v) is 6.34. The lowest BCUT2D eigenvalue weighted by atomic mass is 10.1. The zero-order valence-corrected chi connectivity index (χ0v) is 14.6. The standard InChI is InChI=1S/C20H21N3O3/c1-14-6-2-3-9-17(14)20(26)22-21-19(25)16-8-4-7-15(12-16)13-23-11-5-10-18(23)24/h2-4,6-9,12H,5,10-11,13H2,1H3,(H,21,25)(H,22,26). The minimum atomic E-state index is -0.401. The van der Waals surface area contributed by atoms with Gasteiger partial charge in [0.2, 0.25) is 5.91 Å². The molecule has 2 N–H and O–H groups in total. The van der Waals surface area contributed by atoms with Gasteiger partial charge in [-0.3, -0.25) is 25.2 Å². The molecule has 0 atom stereocenters. The Morgan fingerprint density at radius 2 is 1.81 bits per heavy atom. The lowest BCUT2D eigenvalue weighted by molar-refractivity contribution is -0.128. The zero-order valence-electron chi connectivity index (χ0n) is 14.6. The summed E-state index contributed by atoms with van der Waals surface area (Å²) in [4.78, 5) is 38.0. The first-order valence-electron chi connectivity index (χ1n) is 8.57. The quantitative estimate of drug-likeness (QED) is 0.829. The van der Waals surface area contributed by atoms with Crippen LogP contribution in [0.5, 0.6) is 0 Å². The number of hydrogen-bond acceptors (Lipinski definition) is 3. The molecule has 1 aliphatic rings. The van der Waals surface area contributed by atoms with Crippen LogP contribution >= 0.6 is 0 Å². The molecular weight excluding hydrogens is 330 g/mol. The Kier molecular flexibility index (Phi) is 5.31. The number of benzene rings is 2. The molecule has 0 saturated carbocycles. The third-order valence-corrected chi connectivity index (χ3v) is 4.41. The van der Waals surface area contributed by atoms with Crippen LogP contribution in [0.3, 0.4) is 0 Å². The van der Waals surface area contributed by atoms with E-state index < -0.39 is 5.91 Å². The van der Waals surface area contributed by atoms with Crippen molar-refractivity contribution in [1.82, 2.24) is 15.8 Å². The number of amides is 3. The number of nitrogens with one attached hydrogen (secondary N) is 2. The van der Waals surface area contributed by atoms with Crippen molar-refractivity contribution in [2.75, 3.05) is 6.54 Å². The molecule has 0 spiro atoms. The summed E-state index contributed by atoms with van der Waals surface area (Å²) in [7, 11) is 0. The zero-order chi connectivity index (χ0) is 18.5. The third-order valence-electron chi connectivity index (χ3n) is 4.41. The fraction of sp³-hybridized carbons (Fsp3) is 0.250. The molecule has 26 heavy (non-hydrogen) atoms. The van der Waals surface area contributed by atoms with Gasteiger partial charge in [-0.05, 0) is 42.7 Å². The van der Waals surface area contributed by atoms with Gasteiger partial charge in [-0.2, -0.15) is 0 Å². The van der Waals surface area contributed by atoms with Crippen LogP contribution in [-0.4, -0.2) is 29.2 Å². The Morgan fingerprint density at radius 3 is 2.54 bits per heavy atom. The third kappa shape index (κ3) is 4.08. The molecule has 1 saturated heterocycles. The molecule has 0 aliphatic carbocycles. The molecule has 134 valence electrons. The van der Waals surface area contributed by atoms with Crippen LogP contribution < -0.4 is 10.9 Å². The van der Waals surface area contributed by atoms with Gasteiger partial charge < -0.3 is 4.90 Å². The van der Waals surface area contributed by atoms with Gasteiger partial charge in [-0.25, -0.2) is 0 Å². The maximum atomic E-state index is 12.3. The van der Waals surface area contributed by atoms with Crippen molar-refractivity contribution >= 4 is 17.7 Å². The Bertz CT molecular complexity index is 848. The number of likely N-dealkylation sites (tertiary alicyclic amines) is 1. The monoisotopic (exact) mass is 351 g/mol. The summed E-state index contributed by atoms with van der Waals surface area (Å²) in [6.07, 6.45) is 1.47. The number of carbonyl (C=O) groups is 3. The van der Waals surface area contributed by atoms with Crippen LogP contribution in [0.4, 0.5) is 0 Å². The number of rotatable bonds is 4. The molecule has 0 bridgehead atoms. The van der Waals surface area contributed by atoms with E-state index in [2.05, 4.69) is 10.9 Å². The van der Waals surface area contributed by atoms with Gasteiger partial charge in [-0.15, -0.1) is 0 Å². The summed E-state index contributed by atoms with van der Waals surface area (Å²) in [5, 5.41) is 0. The van der Waals surface area contributed by atoms with Gasteiger partial charge in [0.05, 0.1) is 0 Å². The van der Waals surface area contributed by atoms with Crippen molar-refractivity contribution in [1.29, 1.82) is 0 Å². The van der Waals surface area contributed by atoms with E-state index in [1.165, 1.54) is 0 Å². The second-order valence-electron chi connectivity index (χ2n) is 6.34. The lowest BCUT2D eigenvalue weighted by Gasteiger charge is -2.16. The topological polar surface area (TPSA) is 78.5 Å². The molecular formula is C20H21N3O3. The highest BCUT2D eigenvalue weighted by Gasteiger charge is 2.20. The summed E-state index contributed by atoms with van der Waals surface area (Å²) in [5.41, 5.74) is 7.53. The summed E-state index contributed by atoms with van der Waals surface area (Å²) in [6.45, 7) is 3.08. The van der Waals surface area contributed by atoms with Crippen molar-refractivity contribution in [2.45, 2.75) is 26.3 Å². The molecule has 6 heteroatoms. The molecule has 6 nitrogen and oxygen atoms in total. The Hall–Kier alpha value is -3.15. The fourth-order valence-corrected chi connectivity index (χ4v) is 2.98. The van der Waals surface area contributed by atoms with Crippen LogP contribution in [0.15, 0.2) is 48.5 Å². The van der Waals surface area contributed by atoms with Crippen LogP contribution in [0.1, 0.15) is 44.7 Å².